The van der Waals surface area contributed by atoms with Crippen molar-refractivity contribution in [2.75, 3.05) is 13.1 Å². The standard InChI is InChI=1S/C13H20N2O2S/c1-11-7-13(8-14)9-15(11)18(16,17)10-12-5-3-2-4-6-12/h2-6,11,13H,7-10,14H2,1H3. The summed E-state index contributed by atoms with van der Waals surface area (Å²) in [4.78, 5) is 0. The molecule has 0 bridgehead atoms. The number of sulfonamides is 1. The summed E-state index contributed by atoms with van der Waals surface area (Å²) in [6, 6.07) is 9.37. The van der Waals surface area contributed by atoms with Crippen LogP contribution in [-0.2, 0) is 15.8 Å². The van der Waals surface area contributed by atoms with Crippen LogP contribution >= 0.6 is 0 Å². The number of nitrogens with two attached hydrogens (primary N) is 1. The van der Waals surface area contributed by atoms with E-state index in [1.165, 1.54) is 0 Å². The van der Waals surface area contributed by atoms with Gasteiger partial charge in [0.1, 0.15) is 0 Å². The normalized spacial score (nSPS) is 25.4. The molecule has 0 aliphatic carbocycles. The monoisotopic (exact) mass is 268 g/mol. The van der Waals surface area contributed by atoms with Gasteiger partial charge in [-0.25, -0.2) is 8.42 Å². The van der Waals surface area contributed by atoms with E-state index in [0.717, 1.165) is 12.0 Å². The molecule has 100 valence electrons. The van der Waals surface area contributed by atoms with Crippen LogP contribution in [0.25, 0.3) is 0 Å². The maximum absolute atomic E-state index is 12.4. The number of nitrogens with zero attached hydrogens (tertiary/aromatic N) is 1. The molecule has 0 saturated carbocycles. The molecule has 0 radical (unpaired) electrons. The van der Waals surface area contributed by atoms with Crippen molar-refractivity contribution in [3.63, 3.8) is 0 Å². The van der Waals surface area contributed by atoms with E-state index < -0.39 is 10.0 Å². The Hall–Kier alpha value is -0.910. The molecule has 1 aliphatic heterocycles. The van der Waals surface area contributed by atoms with Crippen molar-refractivity contribution in [1.82, 2.24) is 4.31 Å². The molecule has 5 heteroatoms. The highest BCUT2D eigenvalue weighted by Gasteiger charge is 2.36. The predicted octanol–water partition coefficient (Wildman–Crippen LogP) is 1.19. The summed E-state index contributed by atoms with van der Waals surface area (Å²) >= 11 is 0. The molecule has 1 aromatic carbocycles. The zero-order chi connectivity index (χ0) is 13.2. The van der Waals surface area contributed by atoms with Crippen molar-refractivity contribution < 1.29 is 8.42 Å². The molecule has 1 saturated heterocycles. The quantitative estimate of drug-likeness (QED) is 0.892. The topological polar surface area (TPSA) is 63.4 Å². The van der Waals surface area contributed by atoms with E-state index in [4.69, 9.17) is 5.73 Å². The van der Waals surface area contributed by atoms with E-state index in [2.05, 4.69) is 0 Å². The first-order valence-electron chi connectivity index (χ1n) is 6.26. The van der Waals surface area contributed by atoms with Gasteiger partial charge in [0.2, 0.25) is 10.0 Å². The molecule has 0 amide bonds. The predicted molar refractivity (Wildman–Crippen MR) is 72.4 cm³/mol. The van der Waals surface area contributed by atoms with Gasteiger partial charge < -0.3 is 5.73 Å². The van der Waals surface area contributed by atoms with Gasteiger partial charge in [0.05, 0.1) is 5.75 Å². The van der Waals surface area contributed by atoms with Crippen molar-refractivity contribution in [1.29, 1.82) is 0 Å². The second kappa shape index (κ2) is 5.38. The average molecular weight is 268 g/mol. The van der Waals surface area contributed by atoms with E-state index >= 15 is 0 Å². The van der Waals surface area contributed by atoms with E-state index in [1.807, 2.05) is 37.3 Å². The molecule has 4 nitrogen and oxygen atoms in total. The Morgan fingerprint density at radius 2 is 2.00 bits per heavy atom. The third-order valence-electron chi connectivity index (χ3n) is 3.49. The molecule has 1 aliphatic rings. The maximum Gasteiger partial charge on any atom is 0.218 e. The number of rotatable bonds is 4. The number of hydrogen-bond donors (Lipinski definition) is 1. The first-order chi connectivity index (χ1) is 8.53. The molecule has 2 rings (SSSR count). The van der Waals surface area contributed by atoms with Crippen LogP contribution in [0.4, 0.5) is 0 Å². The molecule has 2 unspecified atom stereocenters. The number of hydrogen-bond acceptors (Lipinski definition) is 3. The highest BCUT2D eigenvalue weighted by atomic mass is 32.2. The third-order valence-corrected chi connectivity index (χ3v) is 5.41. The van der Waals surface area contributed by atoms with Crippen LogP contribution in [0.3, 0.4) is 0 Å². The van der Waals surface area contributed by atoms with Crippen LogP contribution < -0.4 is 5.73 Å². The van der Waals surface area contributed by atoms with Gasteiger partial charge >= 0.3 is 0 Å². The smallest absolute Gasteiger partial charge is 0.218 e. The largest absolute Gasteiger partial charge is 0.330 e. The van der Waals surface area contributed by atoms with Gasteiger partial charge in [-0.3, -0.25) is 0 Å². The van der Waals surface area contributed by atoms with Gasteiger partial charge in [0.15, 0.2) is 0 Å². The van der Waals surface area contributed by atoms with Gasteiger partial charge in [-0.1, -0.05) is 30.3 Å². The summed E-state index contributed by atoms with van der Waals surface area (Å²) in [5.41, 5.74) is 6.47. The van der Waals surface area contributed by atoms with Crippen molar-refractivity contribution in [3.05, 3.63) is 35.9 Å². The zero-order valence-electron chi connectivity index (χ0n) is 10.6. The highest BCUT2D eigenvalue weighted by molar-refractivity contribution is 7.88. The van der Waals surface area contributed by atoms with Crippen LogP contribution in [0.2, 0.25) is 0 Å². The average Bonchev–Trinajstić information content (AvgIpc) is 2.72. The van der Waals surface area contributed by atoms with Crippen LogP contribution in [0.1, 0.15) is 18.9 Å². The second-order valence-corrected chi connectivity index (χ2v) is 6.92. The molecule has 0 aromatic heterocycles. The fourth-order valence-corrected chi connectivity index (χ4v) is 4.39. The minimum absolute atomic E-state index is 0.0623. The molecule has 2 N–H and O–H groups in total. The van der Waals surface area contributed by atoms with Crippen LogP contribution in [0.5, 0.6) is 0 Å². The third kappa shape index (κ3) is 2.91. The van der Waals surface area contributed by atoms with Gasteiger partial charge in [-0.15, -0.1) is 0 Å². The Bertz CT molecular complexity index is 487. The van der Waals surface area contributed by atoms with E-state index in [0.29, 0.717) is 19.0 Å². The molecular formula is C13H20N2O2S. The van der Waals surface area contributed by atoms with Crippen LogP contribution in [0, 0.1) is 5.92 Å². The molecule has 1 heterocycles. The fourth-order valence-electron chi connectivity index (χ4n) is 2.54. The van der Waals surface area contributed by atoms with Crippen molar-refractivity contribution in [2.45, 2.75) is 25.1 Å². The maximum atomic E-state index is 12.4. The molecule has 0 spiro atoms. The van der Waals surface area contributed by atoms with E-state index in [1.54, 1.807) is 4.31 Å². The van der Waals surface area contributed by atoms with Gasteiger partial charge in [0, 0.05) is 12.6 Å². The lowest BCUT2D eigenvalue weighted by atomic mass is 10.1. The minimum Gasteiger partial charge on any atom is -0.330 e. The van der Waals surface area contributed by atoms with Crippen molar-refractivity contribution >= 4 is 10.0 Å². The lowest BCUT2D eigenvalue weighted by molar-refractivity contribution is 0.404. The molecule has 18 heavy (non-hydrogen) atoms. The Kier molecular flexibility index (Phi) is 4.04. The molecular weight excluding hydrogens is 248 g/mol. The first kappa shape index (κ1) is 13.5. The highest BCUT2D eigenvalue weighted by Crippen LogP contribution is 2.26. The van der Waals surface area contributed by atoms with E-state index in [9.17, 15) is 8.42 Å². The van der Waals surface area contributed by atoms with Gasteiger partial charge in [-0.2, -0.15) is 4.31 Å². The van der Waals surface area contributed by atoms with Crippen LogP contribution in [-0.4, -0.2) is 31.9 Å². The van der Waals surface area contributed by atoms with Gasteiger partial charge in [0.25, 0.3) is 0 Å². The van der Waals surface area contributed by atoms with Crippen molar-refractivity contribution in [3.8, 4) is 0 Å². The van der Waals surface area contributed by atoms with E-state index in [-0.39, 0.29) is 11.8 Å². The second-order valence-electron chi connectivity index (χ2n) is 5.00. The Balaban J connectivity index is 2.12. The Morgan fingerprint density at radius 3 is 2.56 bits per heavy atom. The molecule has 2 atom stereocenters. The zero-order valence-corrected chi connectivity index (χ0v) is 11.4. The summed E-state index contributed by atoms with van der Waals surface area (Å²) in [6.45, 7) is 3.08. The summed E-state index contributed by atoms with van der Waals surface area (Å²) < 4.78 is 26.3. The lowest BCUT2D eigenvalue weighted by Crippen LogP contribution is -2.35. The summed E-state index contributed by atoms with van der Waals surface area (Å²) in [5, 5.41) is 0. The van der Waals surface area contributed by atoms with Gasteiger partial charge in [-0.05, 0) is 31.4 Å². The summed E-state index contributed by atoms with van der Waals surface area (Å²) in [5.74, 6) is 0.376. The summed E-state index contributed by atoms with van der Waals surface area (Å²) in [7, 11) is -3.23. The number of benzene rings is 1. The molecule has 1 fully saturated rings. The SMILES string of the molecule is CC1CC(CN)CN1S(=O)(=O)Cc1ccccc1. The fraction of sp³-hybridized carbons (Fsp3) is 0.538. The lowest BCUT2D eigenvalue weighted by Gasteiger charge is -2.21. The summed E-state index contributed by atoms with van der Waals surface area (Å²) in [6.07, 6.45) is 0.866. The van der Waals surface area contributed by atoms with Crippen molar-refractivity contribution in [2.24, 2.45) is 11.7 Å². The Labute approximate surface area is 109 Å². The first-order valence-corrected chi connectivity index (χ1v) is 7.87. The minimum atomic E-state index is -3.23. The van der Waals surface area contributed by atoms with Crippen LogP contribution in [0.15, 0.2) is 30.3 Å². The molecule has 1 aromatic rings. The Morgan fingerprint density at radius 1 is 1.33 bits per heavy atom.